The summed E-state index contributed by atoms with van der Waals surface area (Å²) in [7, 11) is -2.94. The Labute approximate surface area is 119 Å². The number of hydrogen-bond donors (Lipinski definition) is 1. The summed E-state index contributed by atoms with van der Waals surface area (Å²) < 4.78 is 23.4. The highest BCUT2D eigenvalue weighted by atomic mass is 79.9. The van der Waals surface area contributed by atoms with Crippen LogP contribution in [0.1, 0.15) is 12.0 Å². The number of halogens is 1. The number of hydrogen-bond acceptors (Lipinski definition) is 5. The third-order valence-electron chi connectivity index (χ3n) is 3.05. The topological polar surface area (TPSA) is 89.3 Å². The van der Waals surface area contributed by atoms with Crippen LogP contribution in [-0.2, 0) is 16.4 Å². The molecule has 0 amide bonds. The highest BCUT2D eigenvalue weighted by Gasteiger charge is 2.27. The first kappa shape index (κ1) is 14.4. The number of benzene rings is 1. The van der Waals surface area contributed by atoms with Gasteiger partial charge in [-0.1, -0.05) is 15.9 Å². The van der Waals surface area contributed by atoms with Crippen LogP contribution in [0.5, 0.6) is 0 Å². The molecule has 1 fully saturated rings. The van der Waals surface area contributed by atoms with Crippen LogP contribution in [0.2, 0.25) is 0 Å². The summed E-state index contributed by atoms with van der Waals surface area (Å²) >= 11 is 3.27. The first-order valence-corrected chi connectivity index (χ1v) is 8.35. The molecule has 1 heterocycles. The van der Waals surface area contributed by atoms with Gasteiger partial charge in [0, 0.05) is 28.7 Å². The largest absolute Gasteiger partial charge is 0.309 e. The molecule has 2 rings (SSSR count). The van der Waals surface area contributed by atoms with Gasteiger partial charge in [0.2, 0.25) is 0 Å². The zero-order chi connectivity index (χ0) is 14.0. The summed E-state index contributed by atoms with van der Waals surface area (Å²) in [5.41, 5.74) is 0.584. The second kappa shape index (κ2) is 5.56. The van der Waals surface area contributed by atoms with E-state index in [1.54, 1.807) is 12.1 Å². The van der Waals surface area contributed by atoms with Crippen LogP contribution < -0.4 is 5.32 Å². The zero-order valence-corrected chi connectivity index (χ0v) is 12.4. The number of nitrogens with zero attached hydrogens (tertiary/aromatic N) is 1. The fraction of sp³-hybridized carbons (Fsp3) is 0.455. The summed E-state index contributed by atoms with van der Waals surface area (Å²) in [5.74, 6) is 0.292. The Morgan fingerprint density at radius 2 is 2.21 bits per heavy atom. The lowest BCUT2D eigenvalue weighted by molar-refractivity contribution is -0.385. The van der Waals surface area contributed by atoms with Gasteiger partial charge in [0.1, 0.15) is 0 Å². The smallest absolute Gasteiger partial charge is 0.273 e. The second-order valence-corrected chi connectivity index (χ2v) is 7.66. The highest BCUT2D eigenvalue weighted by molar-refractivity contribution is 9.10. The summed E-state index contributed by atoms with van der Waals surface area (Å²) in [6.07, 6.45) is 0.560. The van der Waals surface area contributed by atoms with E-state index in [2.05, 4.69) is 21.2 Å². The van der Waals surface area contributed by atoms with Crippen molar-refractivity contribution in [2.45, 2.75) is 19.0 Å². The van der Waals surface area contributed by atoms with Crippen molar-refractivity contribution >= 4 is 31.5 Å². The average molecular weight is 349 g/mol. The van der Waals surface area contributed by atoms with E-state index in [0.29, 0.717) is 12.0 Å². The molecule has 0 saturated carbocycles. The molecule has 1 aromatic rings. The predicted octanol–water partition coefficient (Wildman–Crippen LogP) is 1.63. The van der Waals surface area contributed by atoms with Gasteiger partial charge in [0.05, 0.1) is 16.4 Å². The van der Waals surface area contributed by atoms with Crippen LogP contribution in [0.15, 0.2) is 22.7 Å². The van der Waals surface area contributed by atoms with Gasteiger partial charge in [-0.05, 0) is 18.6 Å². The van der Waals surface area contributed by atoms with Gasteiger partial charge in [-0.15, -0.1) is 0 Å². The molecule has 104 valence electrons. The Kier molecular flexibility index (Phi) is 4.22. The van der Waals surface area contributed by atoms with E-state index in [9.17, 15) is 18.5 Å². The fourth-order valence-corrected chi connectivity index (χ4v) is 4.20. The monoisotopic (exact) mass is 348 g/mol. The number of nitro groups is 1. The molecule has 1 N–H and O–H groups in total. The third kappa shape index (κ3) is 3.74. The minimum atomic E-state index is -2.94. The molecule has 1 saturated heterocycles. The van der Waals surface area contributed by atoms with Crippen molar-refractivity contribution in [1.29, 1.82) is 0 Å². The lowest BCUT2D eigenvalue weighted by Gasteiger charge is -2.11. The van der Waals surface area contributed by atoms with Crippen molar-refractivity contribution in [3.8, 4) is 0 Å². The number of nitrogens with one attached hydrogen (secondary N) is 1. The maximum absolute atomic E-state index is 11.3. The van der Waals surface area contributed by atoms with Gasteiger partial charge in [-0.3, -0.25) is 10.1 Å². The Bertz CT molecular complexity index is 603. The molecule has 19 heavy (non-hydrogen) atoms. The molecule has 0 spiro atoms. The summed E-state index contributed by atoms with van der Waals surface area (Å²) in [4.78, 5) is 10.5. The molecular formula is C11H13BrN2O4S. The third-order valence-corrected chi connectivity index (χ3v) is 5.31. The molecule has 0 aliphatic carbocycles. The normalized spacial score (nSPS) is 21.4. The van der Waals surface area contributed by atoms with Gasteiger partial charge >= 0.3 is 0 Å². The van der Waals surface area contributed by atoms with Crippen molar-refractivity contribution in [2.75, 3.05) is 11.5 Å². The van der Waals surface area contributed by atoms with E-state index in [0.717, 1.165) is 4.47 Å². The quantitative estimate of drug-likeness (QED) is 0.659. The summed E-state index contributed by atoms with van der Waals surface area (Å²) in [6, 6.07) is 4.60. The second-order valence-electron chi connectivity index (χ2n) is 4.51. The van der Waals surface area contributed by atoms with Crippen LogP contribution in [0.3, 0.4) is 0 Å². The Morgan fingerprint density at radius 3 is 2.79 bits per heavy atom. The number of sulfone groups is 1. The van der Waals surface area contributed by atoms with Gasteiger partial charge in [-0.2, -0.15) is 0 Å². The van der Waals surface area contributed by atoms with Crippen molar-refractivity contribution in [3.63, 3.8) is 0 Å². The molecular weight excluding hydrogens is 336 g/mol. The molecule has 8 heteroatoms. The van der Waals surface area contributed by atoms with Gasteiger partial charge in [0.25, 0.3) is 5.69 Å². The minimum absolute atomic E-state index is 0.0385. The van der Waals surface area contributed by atoms with Crippen molar-refractivity contribution in [1.82, 2.24) is 5.32 Å². The number of rotatable bonds is 4. The van der Waals surface area contributed by atoms with Crippen molar-refractivity contribution < 1.29 is 13.3 Å². The van der Waals surface area contributed by atoms with E-state index >= 15 is 0 Å². The van der Waals surface area contributed by atoms with Gasteiger partial charge in [0.15, 0.2) is 9.84 Å². The van der Waals surface area contributed by atoms with E-state index in [1.165, 1.54) is 6.07 Å². The molecule has 1 aromatic carbocycles. The Morgan fingerprint density at radius 1 is 1.47 bits per heavy atom. The Hall–Kier alpha value is -0.990. The molecule has 1 unspecified atom stereocenters. The maximum Gasteiger partial charge on any atom is 0.273 e. The lowest BCUT2D eigenvalue weighted by atomic mass is 10.1. The van der Waals surface area contributed by atoms with Gasteiger partial charge < -0.3 is 5.32 Å². The molecule has 1 aliphatic heterocycles. The van der Waals surface area contributed by atoms with Crippen LogP contribution in [0.4, 0.5) is 5.69 Å². The number of nitro benzene ring substituents is 1. The first-order valence-electron chi connectivity index (χ1n) is 5.74. The van der Waals surface area contributed by atoms with Crippen LogP contribution in [-0.4, -0.2) is 30.9 Å². The maximum atomic E-state index is 11.3. The van der Waals surface area contributed by atoms with E-state index in [4.69, 9.17) is 0 Å². The standard InChI is InChI=1S/C11H13BrN2O4S/c12-9-1-2-11(14(15)16)8(5-9)6-13-10-3-4-19(17,18)7-10/h1-2,5,10,13H,3-4,6-7H2. The van der Waals surface area contributed by atoms with E-state index in [1.807, 2.05) is 0 Å². The highest BCUT2D eigenvalue weighted by Crippen LogP contribution is 2.23. The fourth-order valence-electron chi connectivity index (χ4n) is 2.08. The molecule has 0 bridgehead atoms. The molecule has 6 nitrogen and oxygen atoms in total. The van der Waals surface area contributed by atoms with E-state index in [-0.39, 0.29) is 29.8 Å². The SMILES string of the molecule is O=[N+]([O-])c1ccc(Br)cc1CNC1CCS(=O)(=O)C1. The predicted molar refractivity (Wildman–Crippen MR) is 74.7 cm³/mol. The molecule has 1 aliphatic rings. The zero-order valence-electron chi connectivity index (χ0n) is 10.0. The Balaban J connectivity index is 2.07. The van der Waals surface area contributed by atoms with Crippen LogP contribution in [0, 0.1) is 10.1 Å². The molecule has 1 atom stereocenters. The van der Waals surface area contributed by atoms with Gasteiger partial charge in [-0.25, -0.2) is 8.42 Å². The average Bonchev–Trinajstić information content (AvgIpc) is 2.66. The van der Waals surface area contributed by atoms with Crippen LogP contribution >= 0.6 is 15.9 Å². The molecule has 0 aromatic heterocycles. The minimum Gasteiger partial charge on any atom is -0.309 e. The summed E-state index contributed by atoms with van der Waals surface area (Å²) in [5, 5.41) is 14.0. The first-order chi connectivity index (χ1) is 8.87. The van der Waals surface area contributed by atoms with Crippen molar-refractivity contribution in [2.24, 2.45) is 0 Å². The molecule has 0 radical (unpaired) electrons. The van der Waals surface area contributed by atoms with Crippen molar-refractivity contribution in [3.05, 3.63) is 38.3 Å². The van der Waals surface area contributed by atoms with E-state index < -0.39 is 14.8 Å². The summed E-state index contributed by atoms with van der Waals surface area (Å²) in [6.45, 7) is 0.288. The van der Waals surface area contributed by atoms with Crippen LogP contribution in [0.25, 0.3) is 0 Å². The lowest BCUT2D eigenvalue weighted by Crippen LogP contribution is -2.29.